The van der Waals surface area contributed by atoms with Gasteiger partial charge in [0.2, 0.25) is 15.9 Å². The maximum Gasteiger partial charge on any atom is 0.260 e. The van der Waals surface area contributed by atoms with Gasteiger partial charge in [0, 0.05) is 29.1 Å². The second kappa shape index (κ2) is 12.5. The Hall–Kier alpha value is -3.19. The van der Waals surface area contributed by atoms with Gasteiger partial charge < -0.3 is 11.1 Å². The van der Waals surface area contributed by atoms with Crippen LogP contribution in [0.3, 0.4) is 0 Å². The van der Waals surface area contributed by atoms with Crippen LogP contribution in [0.4, 0.5) is 0 Å². The number of benzene rings is 2. The lowest BCUT2D eigenvalue weighted by Crippen LogP contribution is -2.54. The second-order valence-electron chi connectivity index (χ2n) is 7.29. The largest absolute Gasteiger partial charge is 0.370 e. The maximum atomic E-state index is 12.6. The SMILES string of the molecule is CN(CC(=O)NNC(=O)[C@H](CCC(N)=O)NC(=O)c1ccc(Cl)cc1)S(=O)(=O)c1ccc(Cl)cc1. The van der Waals surface area contributed by atoms with Crippen LogP contribution in [-0.2, 0) is 24.4 Å². The van der Waals surface area contributed by atoms with E-state index in [1.54, 1.807) is 0 Å². The van der Waals surface area contributed by atoms with E-state index in [1.807, 2.05) is 0 Å². The summed E-state index contributed by atoms with van der Waals surface area (Å²) in [4.78, 5) is 48.3. The van der Waals surface area contributed by atoms with Crippen molar-refractivity contribution >= 4 is 56.9 Å². The number of hydrogen-bond acceptors (Lipinski definition) is 6. The van der Waals surface area contributed by atoms with Crippen molar-refractivity contribution in [3.8, 4) is 0 Å². The van der Waals surface area contributed by atoms with Crippen LogP contribution in [0.2, 0.25) is 10.0 Å². The highest BCUT2D eigenvalue weighted by molar-refractivity contribution is 7.89. The van der Waals surface area contributed by atoms with Crippen LogP contribution >= 0.6 is 23.2 Å². The molecule has 4 amide bonds. The van der Waals surface area contributed by atoms with Crippen molar-refractivity contribution in [1.29, 1.82) is 0 Å². The molecule has 0 spiro atoms. The minimum absolute atomic E-state index is 0.0716. The summed E-state index contributed by atoms with van der Waals surface area (Å²) in [6.45, 7) is -0.617. The first-order chi connectivity index (χ1) is 16.4. The molecular formula is C21H23Cl2N5O6S. The van der Waals surface area contributed by atoms with Crippen molar-refractivity contribution in [2.24, 2.45) is 5.73 Å². The standard InChI is InChI=1S/C21H23Cl2N5O6S/c1-28(35(33,34)16-8-6-15(23)7-9-16)12-19(30)26-27-21(32)17(10-11-18(24)29)25-20(31)13-2-4-14(22)5-3-13/h2-9,17H,10-12H2,1H3,(H2,24,29)(H,25,31)(H,26,30)(H,27,32)/t17-/m0/s1. The van der Waals surface area contributed by atoms with Gasteiger partial charge in [0.05, 0.1) is 11.4 Å². The third kappa shape index (κ3) is 8.51. The number of amides is 4. The van der Waals surface area contributed by atoms with Gasteiger partial charge in [0.25, 0.3) is 17.7 Å². The van der Waals surface area contributed by atoms with Crippen molar-refractivity contribution in [1.82, 2.24) is 20.5 Å². The van der Waals surface area contributed by atoms with E-state index in [4.69, 9.17) is 28.9 Å². The van der Waals surface area contributed by atoms with Gasteiger partial charge in [-0.05, 0) is 55.0 Å². The van der Waals surface area contributed by atoms with Crippen LogP contribution in [0.25, 0.3) is 0 Å². The van der Waals surface area contributed by atoms with E-state index >= 15 is 0 Å². The molecule has 5 N–H and O–H groups in total. The molecule has 2 rings (SSSR count). The smallest absolute Gasteiger partial charge is 0.260 e. The molecule has 0 saturated carbocycles. The summed E-state index contributed by atoms with van der Waals surface area (Å²) < 4.78 is 25.9. The van der Waals surface area contributed by atoms with Crippen LogP contribution in [0.5, 0.6) is 0 Å². The van der Waals surface area contributed by atoms with Gasteiger partial charge in [-0.15, -0.1) is 0 Å². The molecule has 0 saturated heterocycles. The molecule has 35 heavy (non-hydrogen) atoms. The first-order valence-corrected chi connectivity index (χ1v) is 12.2. The summed E-state index contributed by atoms with van der Waals surface area (Å²) in [7, 11) is -2.80. The predicted molar refractivity (Wildman–Crippen MR) is 129 cm³/mol. The van der Waals surface area contributed by atoms with E-state index in [2.05, 4.69) is 16.2 Å². The molecule has 0 heterocycles. The van der Waals surface area contributed by atoms with Crippen LogP contribution < -0.4 is 21.9 Å². The lowest BCUT2D eigenvalue weighted by molar-refractivity contribution is -0.130. The molecule has 1 atom stereocenters. The highest BCUT2D eigenvalue weighted by Crippen LogP contribution is 2.17. The number of nitrogens with zero attached hydrogens (tertiary/aromatic N) is 1. The number of primary amides is 1. The minimum Gasteiger partial charge on any atom is -0.370 e. The molecule has 188 valence electrons. The Bertz CT molecular complexity index is 1190. The average Bonchev–Trinajstić information content (AvgIpc) is 2.80. The van der Waals surface area contributed by atoms with Crippen molar-refractivity contribution in [3.05, 3.63) is 64.1 Å². The first kappa shape index (κ1) is 28.1. The fourth-order valence-electron chi connectivity index (χ4n) is 2.73. The fourth-order valence-corrected chi connectivity index (χ4v) is 4.11. The Kier molecular flexibility index (Phi) is 10.0. The summed E-state index contributed by atoms with van der Waals surface area (Å²) in [5, 5.41) is 3.21. The molecule has 0 radical (unpaired) electrons. The monoisotopic (exact) mass is 543 g/mol. The molecule has 0 bridgehead atoms. The van der Waals surface area contributed by atoms with E-state index in [1.165, 1.54) is 55.6 Å². The zero-order chi connectivity index (χ0) is 26.2. The molecule has 0 fully saturated rings. The number of nitrogens with two attached hydrogens (primary N) is 1. The summed E-state index contributed by atoms with van der Waals surface area (Å²) in [6, 6.07) is 10.0. The molecule has 0 aromatic heterocycles. The second-order valence-corrected chi connectivity index (χ2v) is 10.2. The quantitative estimate of drug-likeness (QED) is 0.323. The normalized spacial score (nSPS) is 12.0. The zero-order valence-corrected chi connectivity index (χ0v) is 20.8. The summed E-state index contributed by atoms with van der Waals surface area (Å²) in [5.41, 5.74) is 9.54. The topological polar surface area (TPSA) is 168 Å². The number of halogens is 2. The van der Waals surface area contributed by atoms with Gasteiger partial charge in [-0.2, -0.15) is 4.31 Å². The average molecular weight is 544 g/mol. The number of hydrogen-bond donors (Lipinski definition) is 4. The highest BCUT2D eigenvalue weighted by atomic mass is 35.5. The van der Waals surface area contributed by atoms with E-state index in [0.29, 0.717) is 10.0 Å². The first-order valence-electron chi connectivity index (χ1n) is 10.1. The predicted octanol–water partition coefficient (Wildman–Crippen LogP) is 0.825. The number of hydrazine groups is 1. The van der Waals surface area contributed by atoms with Crippen molar-refractivity contribution in [2.75, 3.05) is 13.6 Å². The Morgan fingerprint density at radius 1 is 0.943 bits per heavy atom. The lowest BCUT2D eigenvalue weighted by atomic mass is 10.1. The molecule has 0 unspecified atom stereocenters. The Labute approximate surface area is 212 Å². The minimum atomic E-state index is -3.99. The van der Waals surface area contributed by atoms with Gasteiger partial charge in [0.15, 0.2) is 0 Å². The molecule has 14 heteroatoms. The van der Waals surface area contributed by atoms with E-state index in [-0.39, 0.29) is 23.3 Å². The highest BCUT2D eigenvalue weighted by Gasteiger charge is 2.25. The third-order valence-electron chi connectivity index (χ3n) is 4.62. The van der Waals surface area contributed by atoms with Crippen LogP contribution in [0, 0.1) is 0 Å². The molecule has 2 aromatic rings. The maximum absolute atomic E-state index is 12.6. The van der Waals surface area contributed by atoms with Crippen molar-refractivity contribution in [2.45, 2.75) is 23.8 Å². The van der Waals surface area contributed by atoms with Gasteiger partial charge >= 0.3 is 0 Å². The molecule has 2 aromatic carbocycles. The Morgan fingerprint density at radius 3 is 2.03 bits per heavy atom. The van der Waals surface area contributed by atoms with Crippen molar-refractivity contribution in [3.63, 3.8) is 0 Å². The Morgan fingerprint density at radius 2 is 1.49 bits per heavy atom. The molecule has 11 nitrogen and oxygen atoms in total. The molecular weight excluding hydrogens is 521 g/mol. The number of sulfonamides is 1. The molecule has 0 aliphatic heterocycles. The zero-order valence-electron chi connectivity index (χ0n) is 18.5. The number of likely N-dealkylation sites (N-methyl/N-ethyl adjacent to an activating group) is 1. The summed E-state index contributed by atoms with van der Waals surface area (Å²) in [5.74, 6) is -3.01. The number of nitrogens with one attached hydrogen (secondary N) is 3. The lowest BCUT2D eigenvalue weighted by Gasteiger charge is -2.20. The van der Waals surface area contributed by atoms with Crippen molar-refractivity contribution < 1.29 is 27.6 Å². The fraction of sp³-hybridized carbons (Fsp3) is 0.238. The summed E-state index contributed by atoms with van der Waals surface area (Å²) in [6.07, 6.45) is -0.351. The third-order valence-corrected chi connectivity index (χ3v) is 6.94. The number of rotatable bonds is 10. The van der Waals surface area contributed by atoms with E-state index in [9.17, 15) is 27.6 Å². The molecule has 0 aliphatic carbocycles. The number of carbonyl (C=O) groups excluding carboxylic acids is 4. The van der Waals surface area contributed by atoms with Crippen LogP contribution in [-0.4, -0.2) is 56.0 Å². The van der Waals surface area contributed by atoms with Crippen LogP contribution in [0.15, 0.2) is 53.4 Å². The van der Waals surface area contributed by atoms with E-state index in [0.717, 1.165) is 4.31 Å². The van der Waals surface area contributed by atoms with E-state index < -0.39 is 46.2 Å². The summed E-state index contributed by atoms with van der Waals surface area (Å²) >= 11 is 11.6. The van der Waals surface area contributed by atoms with Crippen LogP contribution in [0.1, 0.15) is 23.2 Å². The Balaban J connectivity index is 1.98. The van der Waals surface area contributed by atoms with Gasteiger partial charge in [0.1, 0.15) is 6.04 Å². The molecule has 0 aliphatic rings. The van der Waals surface area contributed by atoms with Gasteiger partial charge in [-0.25, -0.2) is 8.42 Å². The number of carbonyl (C=O) groups is 4. The van der Waals surface area contributed by atoms with Gasteiger partial charge in [-0.1, -0.05) is 23.2 Å². The van der Waals surface area contributed by atoms with Gasteiger partial charge in [-0.3, -0.25) is 30.0 Å².